The Balaban J connectivity index is 1.99. The van der Waals surface area contributed by atoms with Crippen LogP contribution in [0.3, 0.4) is 0 Å². The largest absolute Gasteiger partial charge is 0.274 e. The zero-order valence-corrected chi connectivity index (χ0v) is 11.3. The number of hydrogen-bond donors (Lipinski definition) is 1. The normalized spacial score (nSPS) is 16.1. The first-order valence-corrected chi connectivity index (χ1v) is 7.66. The van der Waals surface area contributed by atoms with Gasteiger partial charge in [0.15, 0.2) is 0 Å². The van der Waals surface area contributed by atoms with Crippen molar-refractivity contribution >= 4 is 29.4 Å². The second-order valence-corrected chi connectivity index (χ2v) is 6.28. The van der Waals surface area contributed by atoms with Crippen LogP contribution in [0.4, 0.5) is 0 Å². The van der Waals surface area contributed by atoms with Crippen LogP contribution < -0.4 is 5.48 Å². The molecule has 1 aliphatic rings. The Labute approximate surface area is 110 Å². The van der Waals surface area contributed by atoms with E-state index in [0.717, 1.165) is 0 Å². The van der Waals surface area contributed by atoms with Crippen molar-refractivity contribution < 1.29 is 9.63 Å². The number of hydroxylamine groups is 1. The first kappa shape index (κ1) is 12.8. The molecule has 17 heavy (non-hydrogen) atoms. The molecule has 1 amide bonds. The molecule has 92 valence electrons. The molecule has 0 radical (unpaired) electrons. The first-order valence-electron chi connectivity index (χ1n) is 5.56. The van der Waals surface area contributed by atoms with E-state index in [1.807, 2.05) is 54.7 Å². The lowest BCUT2D eigenvalue weighted by Gasteiger charge is -2.09. The fourth-order valence-corrected chi connectivity index (χ4v) is 4.40. The van der Waals surface area contributed by atoms with E-state index in [1.165, 1.54) is 17.1 Å². The zero-order valence-electron chi connectivity index (χ0n) is 9.64. The Kier molecular flexibility index (Phi) is 4.76. The van der Waals surface area contributed by atoms with Crippen LogP contribution >= 0.6 is 23.5 Å². The summed E-state index contributed by atoms with van der Waals surface area (Å²) < 4.78 is 0.527. The molecule has 1 aromatic carbocycles. The van der Waals surface area contributed by atoms with Crippen molar-refractivity contribution in [3.8, 4) is 0 Å². The summed E-state index contributed by atoms with van der Waals surface area (Å²) in [6, 6.07) is 7.75. The highest BCUT2D eigenvalue weighted by Crippen LogP contribution is 2.45. The van der Waals surface area contributed by atoms with E-state index in [-0.39, 0.29) is 5.91 Å². The molecule has 1 saturated heterocycles. The van der Waals surface area contributed by atoms with Crippen LogP contribution in [-0.4, -0.2) is 24.0 Å². The van der Waals surface area contributed by atoms with Crippen LogP contribution in [-0.2, 0) is 4.84 Å². The lowest BCUT2D eigenvalue weighted by Crippen LogP contribution is -2.23. The predicted molar refractivity (Wildman–Crippen MR) is 73.2 cm³/mol. The number of rotatable bonds is 4. The van der Waals surface area contributed by atoms with Crippen molar-refractivity contribution in [3.63, 3.8) is 0 Å². The summed E-state index contributed by atoms with van der Waals surface area (Å²) in [5.41, 5.74) is 4.31. The monoisotopic (exact) mass is 269 g/mol. The number of benzene rings is 1. The average molecular weight is 269 g/mol. The fraction of sp³-hybridized carbons (Fsp3) is 0.417. The summed E-state index contributed by atoms with van der Waals surface area (Å²) in [4.78, 5) is 16.5. The minimum absolute atomic E-state index is 0.190. The van der Waals surface area contributed by atoms with Gasteiger partial charge in [0.1, 0.15) is 0 Å². The molecular formula is C12H15NO2S2. The Bertz CT molecular complexity index is 375. The third kappa shape index (κ3) is 3.40. The van der Waals surface area contributed by atoms with E-state index in [2.05, 4.69) is 5.48 Å². The maximum absolute atomic E-state index is 11.6. The van der Waals surface area contributed by atoms with Crippen molar-refractivity contribution in [2.45, 2.75) is 11.5 Å². The molecule has 0 unspecified atom stereocenters. The maximum Gasteiger partial charge on any atom is 0.274 e. The number of amides is 1. The van der Waals surface area contributed by atoms with Gasteiger partial charge in [0.25, 0.3) is 5.91 Å². The second-order valence-electron chi connectivity index (χ2n) is 3.56. The molecule has 1 fully saturated rings. The van der Waals surface area contributed by atoms with Gasteiger partial charge in [0.05, 0.1) is 11.2 Å². The molecule has 2 rings (SSSR count). The topological polar surface area (TPSA) is 38.3 Å². The second kappa shape index (κ2) is 6.33. The van der Waals surface area contributed by atoms with Gasteiger partial charge < -0.3 is 0 Å². The molecule has 0 bridgehead atoms. The molecule has 1 heterocycles. The van der Waals surface area contributed by atoms with Crippen LogP contribution in [0.1, 0.15) is 27.4 Å². The minimum Gasteiger partial charge on any atom is -0.274 e. The van der Waals surface area contributed by atoms with E-state index >= 15 is 0 Å². The highest BCUT2D eigenvalue weighted by atomic mass is 32.2. The number of nitrogens with one attached hydrogen (secondary N) is 1. The lowest BCUT2D eigenvalue weighted by molar-refractivity contribution is 0.0364. The molecule has 3 nitrogen and oxygen atoms in total. The lowest BCUT2D eigenvalue weighted by atomic mass is 10.1. The molecular weight excluding hydrogens is 254 g/mol. The summed E-state index contributed by atoms with van der Waals surface area (Å²) >= 11 is 3.92. The fourth-order valence-electron chi connectivity index (χ4n) is 1.54. The highest BCUT2D eigenvalue weighted by Gasteiger charge is 2.18. The third-order valence-electron chi connectivity index (χ3n) is 2.38. The number of thioether (sulfide) groups is 2. The molecule has 0 spiro atoms. The van der Waals surface area contributed by atoms with Gasteiger partial charge in [-0.1, -0.05) is 12.1 Å². The molecule has 1 N–H and O–H groups in total. The Hall–Kier alpha value is -0.650. The van der Waals surface area contributed by atoms with Crippen LogP contribution in [0, 0.1) is 0 Å². The quantitative estimate of drug-likeness (QED) is 0.853. The van der Waals surface area contributed by atoms with Crippen molar-refractivity contribution in [2.24, 2.45) is 0 Å². The molecule has 0 atom stereocenters. The predicted octanol–water partition coefficient (Wildman–Crippen LogP) is 2.85. The van der Waals surface area contributed by atoms with E-state index in [1.54, 1.807) is 0 Å². The summed E-state index contributed by atoms with van der Waals surface area (Å²) in [7, 11) is 0. The van der Waals surface area contributed by atoms with Gasteiger partial charge in [-0.05, 0) is 24.6 Å². The summed E-state index contributed by atoms with van der Waals surface area (Å²) in [5, 5.41) is 0. The molecule has 0 saturated carbocycles. The van der Waals surface area contributed by atoms with Crippen molar-refractivity contribution in [3.05, 3.63) is 35.4 Å². The third-order valence-corrected chi connectivity index (χ3v) is 5.48. The SMILES string of the molecule is CCONC(=O)c1ccc(C2SCCS2)cc1. The standard InChI is InChI=1S/C12H15NO2S2/c1-2-15-13-11(14)9-3-5-10(6-4-9)12-16-7-8-17-12/h3-6,12H,2,7-8H2,1H3,(H,13,14). The molecule has 1 aliphatic heterocycles. The van der Waals surface area contributed by atoms with Crippen LogP contribution in [0.5, 0.6) is 0 Å². The van der Waals surface area contributed by atoms with Gasteiger partial charge >= 0.3 is 0 Å². The van der Waals surface area contributed by atoms with Gasteiger partial charge in [-0.3, -0.25) is 9.63 Å². The smallest absolute Gasteiger partial charge is 0.274 e. The van der Waals surface area contributed by atoms with Gasteiger partial charge in [-0.2, -0.15) is 0 Å². The van der Waals surface area contributed by atoms with Gasteiger partial charge in [-0.25, -0.2) is 5.48 Å². The zero-order chi connectivity index (χ0) is 12.1. The Morgan fingerprint density at radius 3 is 2.59 bits per heavy atom. The number of hydrogen-bond acceptors (Lipinski definition) is 4. The highest BCUT2D eigenvalue weighted by molar-refractivity contribution is 8.19. The van der Waals surface area contributed by atoms with E-state index in [4.69, 9.17) is 4.84 Å². The Morgan fingerprint density at radius 1 is 1.35 bits per heavy atom. The van der Waals surface area contributed by atoms with Gasteiger partial charge in [-0.15, -0.1) is 23.5 Å². The summed E-state index contributed by atoms with van der Waals surface area (Å²) in [6.45, 7) is 2.30. The molecule has 1 aromatic rings. The Morgan fingerprint density at radius 2 is 2.00 bits per heavy atom. The summed E-state index contributed by atoms with van der Waals surface area (Å²) in [5.74, 6) is 2.23. The van der Waals surface area contributed by atoms with E-state index in [0.29, 0.717) is 16.8 Å². The van der Waals surface area contributed by atoms with Crippen LogP contribution in [0.2, 0.25) is 0 Å². The maximum atomic E-state index is 11.6. The van der Waals surface area contributed by atoms with Crippen molar-refractivity contribution in [1.29, 1.82) is 0 Å². The van der Waals surface area contributed by atoms with E-state index < -0.39 is 0 Å². The first-order chi connectivity index (χ1) is 8.31. The summed E-state index contributed by atoms with van der Waals surface area (Å²) in [6.07, 6.45) is 0. The number of carbonyl (C=O) groups is 1. The average Bonchev–Trinajstić information content (AvgIpc) is 2.90. The minimum atomic E-state index is -0.190. The van der Waals surface area contributed by atoms with Crippen LogP contribution in [0.25, 0.3) is 0 Å². The molecule has 5 heteroatoms. The van der Waals surface area contributed by atoms with Crippen molar-refractivity contribution in [1.82, 2.24) is 5.48 Å². The van der Waals surface area contributed by atoms with Crippen LogP contribution in [0.15, 0.2) is 24.3 Å². The van der Waals surface area contributed by atoms with Gasteiger partial charge in [0, 0.05) is 17.1 Å². The van der Waals surface area contributed by atoms with E-state index in [9.17, 15) is 4.79 Å². The molecule has 0 aliphatic carbocycles. The van der Waals surface area contributed by atoms with Crippen molar-refractivity contribution in [2.75, 3.05) is 18.1 Å². The number of carbonyl (C=O) groups excluding carboxylic acids is 1. The molecule has 0 aromatic heterocycles. The van der Waals surface area contributed by atoms with Gasteiger partial charge in [0.2, 0.25) is 0 Å².